The van der Waals surface area contributed by atoms with Crippen LogP contribution in [0, 0.1) is 5.92 Å². The topological polar surface area (TPSA) is 82.3 Å². The number of hydrogen-bond acceptors (Lipinski definition) is 6. The molecule has 1 N–H and O–H groups in total. The summed E-state index contributed by atoms with van der Waals surface area (Å²) in [4.78, 5) is 12.6. The third-order valence-corrected chi connectivity index (χ3v) is 4.73. The van der Waals surface area contributed by atoms with Crippen LogP contribution in [-0.4, -0.2) is 49.2 Å². The summed E-state index contributed by atoms with van der Waals surface area (Å²) in [5.41, 5.74) is 1.25. The van der Waals surface area contributed by atoms with Gasteiger partial charge < -0.3 is 19.1 Å². The van der Waals surface area contributed by atoms with Crippen LogP contribution in [0.5, 0.6) is 0 Å². The molecule has 126 valence electrons. The van der Waals surface area contributed by atoms with Crippen molar-refractivity contribution in [3.8, 4) is 0 Å². The van der Waals surface area contributed by atoms with Gasteiger partial charge in [0.15, 0.2) is 16.6 Å². The summed E-state index contributed by atoms with van der Waals surface area (Å²) in [7, 11) is 0. The van der Waals surface area contributed by atoms with Gasteiger partial charge in [0, 0.05) is 12.5 Å². The standard InChI is InChI=1S/C14H17ClN4O3.CH4/c1-14(2)21-10-7(4-20)3-8(11(10)22-14)19-6-18-9-12(15)16-5-17-13(9)19;/h5-8,10-11,20H,3-4H2,1-2H3;1H4/t7-,8-,10-,11+;/m1./s1. The lowest BCUT2D eigenvalue weighted by Gasteiger charge is -2.23. The van der Waals surface area contributed by atoms with Gasteiger partial charge in [-0.05, 0) is 20.3 Å². The highest BCUT2D eigenvalue weighted by Crippen LogP contribution is 2.47. The molecule has 1 saturated heterocycles. The molecule has 4 atom stereocenters. The third kappa shape index (κ3) is 2.52. The van der Waals surface area contributed by atoms with Crippen molar-refractivity contribution in [3.63, 3.8) is 0 Å². The van der Waals surface area contributed by atoms with Crippen molar-refractivity contribution >= 4 is 22.8 Å². The molecule has 1 aliphatic carbocycles. The van der Waals surface area contributed by atoms with Crippen LogP contribution in [0.4, 0.5) is 0 Å². The molecule has 1 saturated carbocycles. The quantitative estimate of drug-likeness (QED) is 0.844. The molecule has 2 aliphatic rings. The lowest BCUT2D eigenvalue weighted by Crippen LogP contribution is -2.27. The summed E-state index contributed by atoms with van der Waals surface area (Å²) in [6, 6.07) is -0.000100. The Morgan fingerprint density at radius 3 is 2.78 bits per heavy atom. The van der Waals surface area contributed by atoms with Crippen LogP contribution >= 0.6 is 11.6 Å². The minimum atomic E-state index is -0.648. The van der Waals surface area contributed by atoms with Gasteiger partial charge in [0.1, 0.15) is 17.9 Å². The first-order valence-electron chi connectivity index (χ1n) is 7.30. The number of ether oxygens (including phenoxy) is 2. The zero-order chi connectivity index (χ0) is 15.5. The molecule has 0 amide bonds. The number of hydrogen-bond donors (Lipinski definition) is 1. The summed E-state index contributed by atoms with van der Waals surface area (Å²) in [6.07, 6.45) is 3.61. The SMILES string of the molecule is C.CC1(C)O[C@@H]2[C@@H](CO)C[C@@H](n3cnc4c(Cl)ncnc43)[C@@H]2O1. The monoisotopic (exact) mass is 340 g/mol. The minimum absolute atomic E-state index is 0. The Balaban J connectivity index is 0.00000156. The predicted molar refractivity (Wildman–Crippen MR) is 85.1 cm³/mol. The first-order valence-corrected chi connectivity index (χ1v) is 7.67. The van der Waals surface area contributed by atoms with E-state index in [2.05, 4.69) is 15.0 Å². The largest absolute Gasteiger partial charge is 0.396 e. The van der Waals surface area contributed by atoms with E-state index in [1.807, 2.05) is 18.4 Å². The summed E-state index contributed by atoms with van der Waals surface area (Å²) < 4.78 is 14.0. The first kappa shape index (κ1) is 16.6. The molecule has 0 radical (unpaired) electrons. The first-order chi connectivity index (χ1) is 10.5. The second kappa shape index (κ2) is 5.66. The number of rotatable bonds is 2. The lowest BCUT2D eigenvalue weighted by molar-refractivity contribution is -0.161. The van der Waals surface area contributed by atoms with Crippen LogP contribution in [0.1, 0.15) is 33.7 Å². The van der Waals surface area contributed by atoms with E-state index >= 15 is 0 Å². The Morgan fingerprint density at radius 2 is 2.04 bits per heavy atom. The summed E-state index contributed by atoms with van der Waals surface area (Å²) in [5, 5.41) is 9.98. The average Bonchev–Trinajstić information content (AvgIpc) is 3.10. The van der Waals surface area contributed by atoms with Crippen LogP contribution in [0.25, 0.3) is 11.2 Å². The number of imidazole rings is 1. The molecule has 3 heterocycles. The zero-order valence-electron chi connectivity index (χ0n) is 12.3. The number of aliphatic hydroxyl groups is 1. The van der Waals surface area contributed by atoms with E-state index in [-0.39, 0.29) is 38.2 Å². The zero-order valence-corrected chi connectivity index (χ0v) is 13.1. The lowest BCUT2D eigenvalue weighted by atomic mass is 10.1. The molecular formula is C15H21ClN4O3. The maximum atomic E-state index is 9.65. The second-order valence-electron chi connectivity index (χ2n) is 6.30. The Kier molecular flexibility index (Phi) is 4.08. The van der Waals surface area contributed by atoms with Gasteiger partial charge in [0.25, 0.3) is 0 Å². The fourth-order valence-corrected chi connectivity index (χ4v) is 3.75. The number of aromatic nitrogens is 4. The Morgan fingerprint density at radius 1 is 1.30 bits per heavy atom. The molecule has 4 rings (SSSR count). The summed E-state index contributed by atoms with van der Waals surface area (Å²) in [6.45, 7) is 3.85. The number of fused-ring (bicyclic) bond motifs is 2. The van der Waals surface area contributed by atoms with Gasteiger partial charge in [-0.15, -0.1) is 0 Å². The molecule has 0 unspecified atom stereocenters. The van der Waals surface area contributed by atoms with Crippen molar-refractivity contribution in [1.82, 2.24) is 19.5 Å². The van der Waals surface area contributed by atoms with Crippen molar-refractivity contribution in [1.29, 1.82) is 0 Å². The molecule has 2 aromatic heterocycles. The number of aliphatic hydroxyl groups excluding tert-OH is 1. The van der Waals surface area contributed by atoms with Gasteiger partial charge in [-0.2, -0.15) is 0 Å². The second-order valence-corrected chi connectivity index (χ2v) is 6.66. The molecule has 2 fully saturated rings. The fourth-order valence-electron chi connectivity index (χ4n) is 3.57. The highest BCUT2D eigenvalue weighted by atomic mass is 35.5. The summed E-state index contributed by atoms with van der Waals surface area (Å²) >= 11 is 6.07. The summed E-state index contributed by atoms with van der Waals surface area (Å²) in [5.74, 6) is -0.615. The van der Waals surface area contributed by atoms with E-state index in [9.17, 15) is 5.11 Å². The van der Waals surface area contributed by atoms with E-state index in [4.69, 9.17) is 21.1 Å². The van der Waals surface area contributed by atoms with E-state index in [1.165, 1.54) is 6.33 Å². The normalized spacial score (nSPS) is 32.0. The highest BCUT2D eigenvalue weighted by molar-refractivity contribution is 6.33. The Hall–Kier alpha value is -1.28. The maximum absolute atomic E-state index is 9.65. The van der Waals surface area contributed by atoms with Gasteiger partial charge in [-0.3, -0.25) is 0 Å². The molecule has 8 heteroatoms. The number of halogens is 1. The van der Waals surface area contributed by atoms with Crippen molar-refractivity contribution in [2.75, 3.05) is 6.61 Å². The van der Waals surface area contributed by atoms with Gasteiger partial charge in [-0.1, -0.05) is 19.0 Å². The van der Waals surface area contributed by atoms with E-state index < -0.39 is 5.79 Å². The predicted octanol–water partition coefficient (Wildman–Crippen LogP) is 2.19. The van der Waals surface area contributed by atoms with E-state index in [1.54, 1.807) is 6.33 Å². The molecule has 1 aliphatic heterocycles. The van der Waals surface area contributed by atoms with Crippen molar-refractivity contribution < 1.29 is 14.6 Å². The molecule has 23 heavy (non-hydrogen) atoms. The van der Waals surface area contributed by atoms with Crippen molar-refractivity contribution in [2.45, 2.75) is 51.7 Å². The van der Waals surface area contributed by atoms with Gasteiger partial charge in [0.05, 0.1) is 18.5 Å². The van der Waals surface area contributed by atoms with Gasteiger partial charge in [0.2, 0.25) is 0 Å². The van der Waals surface area contributed by atoms with Crippen LogP contribution < -0.4 is 0 Å². The maximum Gasteiger partial charge on any atom is 0.165 e. The minimum Gasteiger partial charge on any atom is -0.396 e. The fraction of sp³-hybridized carbons (Fsp3) is 0.667. The van der Waals surface area contributed by atoms with E-state index in [0.717, 1.165) is 6.42 Å². The van der Waals surface area contributed by atoms with Crippen LogP contribution in [0.3, 0.4) is 0 Å². The highest BCUT2D eigenvalue weighted by Gasteiger charge is 2.54. The van der Waals surface area contributed by atoms with Crippen molar-refractivity contribution in [3.05, 3.63) is 17.8 Å². The number of nitrogens with zero attached hydrogens (tertiary/aromatic N) is 4. The molecule has 0 aromatic carbocycles. The Bertz CT molecular complexity index is 720. The molecule has 0 bridgehead atoms. The van der Waals surface area contributed by atoms with Crippen molar-refractivity contribution in [2.24, 2.45) is 5.92 Å². The molecule has 2 aromatic rings. The van der Waals surface area contributed by atoms with E-state index in [0.29, 0.717) is 16.3 Å². The Labute approximate surface area is 139 Å². The van der Waals surface area contributed by atoms with Crippen LogP contribution in [0.2, 0.25) is 5.15 Å². The van der Waals surface area contributed by atoms with Crippen LogP contribution in [-0.2, 0) is 9.47 Å². The van der Waals surface area contributed by atoms with Crippen LogP contribution in [0.15, 0.2) is 12.7 Å². The molecular weight excluding hydrogens is 320 g/mol. The third-order valence-electron chi connectivity index (χ3n) is 4.46. The van der Waals surface area contributed by atoms with Gasteiger partial charge in [-0.25, -0.2) is 15.0 Å². The smallest absolute Gasteiger partial charge is 0.165 e. The molecule has 7 nitrogen and oxygen atoms in total. The molecule has 0 spiro atoms. The average molecular weight is 341 g/mol. The van der Waals surface area contributed by atoms with Gasteiger partial charge >= 0.3 is 0 Å².